The lowest BCUT2D eigenvalue weighted by Gasteiger charge is -2.37. The van der Waals surface area contributed by atoms with Crippen molar-refractivity contribution < 1.29 is 32.6 Å². The Hall–Kier alpha value is -3.75. The van der Waals surface area contributed by atoms with Crippen LogP contribution >= 0.6 is 23.2 Å². The Morgan fingerprint density at radius 1 is 1.11 bits per heavy atom. The maximum absolute atomic E-state index is 15.9. The average Bonchev–Trinajstić information content (AvgIpc) is 3.31. The van der Waals surface area contributed by atoms with Crippen molar-refractivity contribution in [1.29, 1.82) is 5.26 Å². The summed E-state index contributed by atoms with van der Waals surface area (Å²) in [6, 6.07) is 12.8. The molecular weight excluding hydrogens is 639 g/mol. The fraction of sp³-hybridized carbons (Fsp3) is 0.382. The van der Waals surface area contributed by atoms with Gasteiger partial charge in [-0.25, -0.2) is 13.6 Å². The van der Waals surface area contributed by atoms with E-state index in [1.807, 2.05) is 20.8 Å². The molecule has 0 aromatic heterocycles. The number of rotatable bonds is 10. The van der Waals surface area contributed by atoms with Gasteiger partial charge in [-0.3, -0.25) is 4.79 Å². The van der Waals surface area contributed by atoms with Crippen LogP contribution in [0.3, 0.4) is 0 Å². The van der Waals surface area contributed by atoms with Crippen molar-refractivity contribution in [1.82, 2.24) is 5.32 Å². The van der Waals surface area contributed by atoms with Crippen molar-refractivity contribution in [2.45, 2.75) is 57.5 Å². The highest BCUT2D eigenvalue weighted by Gasteiger charge is 2.61. The molecule has 1 heterocycles. The fourth-order valence-electron chi connectivity index (χ4n) is 5.95. The number of hydrogen-bond donors (Lipinski definition) is 2. The molecule has 46 heavy (non-hydrogen) atoms. The Kier molecular flexibility index (Phi) is 11.0. The first-order chi connectivity index (χ1) is 21.8. The third kappa shape index (κ3) is 7.13. The molecule has 1 amide bonds. The number of benzene rings is 3. The highest BCUT2D eigenvalue weighted by molar-refractivity contribution is 6.31. The summed E-state index contributed by atoms with van der Waals surface area (Å²) in [4.78, 5) is 26.7. The van der Waals surface area contributed by atoms with Gasteiger partial charge in [0.05, 0.1) is 35.5 Å². The van der Waals surface area contributed by atoms with Crippen LogP contribution in [-0.2, 0) is 19.7 Å². The number of nitriles is 1. The molecule has 1 aliphatic rings. The van der Waals surface area contributed by atoms with Crippen LogP contribution < -0.4 is 15.4 Å². The van der Waals surface area contributed by atoms with E-state index in [2.05, 4.69) is 16.7 Å². The number of nitrogens with zero attached hydrogens (tertiary/aromatic N) is 1. The second-order valence-electron chi connectivity index (χ2n) is 12.1. The SMILES string of the molecule is CCOCOC(=O)c1ccc(NC(=O)[C@@H]2N[C@@H](CC(C)(C)C)[C@](C#N)(c3ccc(Cl)cc3F)[C@H]2c2cccc(Cl)c2F)c(OC)c1. The number of carbonyl (C=O) groups is 2. The van der Waals surface area contributed by atoms with Gasteiger partial charge in [-0.05, 0) is 60.7 Å². The van der Waals surface area contributed by atoms with E-state index in [0.29, 0.717) is 13.0 Å². The van der Waals surface area contributed by atoms with Crippen LogP contribution in [-0.4, -0.2) is 44.5 Å². The third-order valence-electron chi connectivity index (χ3n) is 7.90. The maximum Gasteiger partial charge on any atom is 0.340 e. The van der Waals surface area contributed by atoms with Gasteiger partial charge in [0.2, 0.25) is 5.91 Å². The molecule has 12 heteroatoms. The maximum atomic E-state index is 15.9. The predicted octanol–water partition coefficient (Wildman–Crippen LogP) is 7.39. The summed E-state index contributed by atoms with van der Waals surface area (Å²) in [5.41, 5.74) is -1.91. The van der Waals surface area contributed by atoms with E-state index in [-0.39, 0.29) is 45.0 Å². The smallest absolute Gasteiger partial charge is 0.340 e. The van der Waals surface area contributed by atoms with Crippen LogP contribution in [0.15, 0.2) is 54.6 Å². The fourth-order valence-corrected chi connectivity index (χ4v) is 6.29. The second kappa shape index (κ2) is 14.3. The molecule has 1 aliphatic heterocycles. The number of halogens is 4. The van der Waals surface area contributed by atoms with Gasteiger partial charge in [0, 0.05) is 29.2 Å². The van der Waals surface area contributed by atoms with Crippen molar-refractivity contribution in [3.05, 3.63) is 93.0 Å². The Morgan fingerprint density at radius 3 is 2.48 bits per heavy atom. The van der Waals surface area contributed by atoms with Gasteiger partial charge in [0.25, 0.3) is 0 Å². The lowest BCUT2D eigenvalue weighted by Crippen LogP contribution is -2.45. The van der Waals surface area contributed by atoms with Crippen LogP contribution in [0, 0.1) is 28.4 Å². The highest BCUT2D eigenvalue weighted by Crippen LogP contribution is 2.53. The number of hydrogen-bond acceptors (Lipinski definition) is 7. The normalized spacial score (nSPS) is 21.0. The van der Waals surface area contributed by atoms with E-state index in [1.165, 1.54) is 55.6 Å². The van der Waals surface area contributed by atoms with Crippen LogP contribution in [0.2, 0.25) is 10.0 Å². The molecule has 0 radical (unpaired) electrons. The van der Waals surface area contributed by atoms with Gasteiger partial charge < -0.3 is 24.8 Å². The van der Waals surface area contributed by atoms with E-state index < -0.39 is 52.3 Å². The zero-order valence-corrected chi connectivity index (χ0v) is 27.6. The largest absolute Gasteiger partial charge is 0.495 e. The molecule has 0 saturated carbocycles. The van der Waals surface area contributed by atoms with Gasteiger partial charge in [0.1, 0.15) is 22.8 Å². The van der Waals surface area contributed by atoms with Crippen LogP contribution in [0.25, 0.3) is 0 Å². The molecule has 3 aromatic rings. The summed E-state index contributed by atoms with van der Waals surface area (Å²) in [5, 5.41) is 17.0. The summed E-state index contributed by atoms with van der Waals surface area (Å²) >= 11 is 12.3. The first kappa shape index (κ1) is 35.1. The predicted molar refractivity (Wildman–Crippen MR) is 171 cm³/mol. The van der Waals surface area contributed by atoms with Crippen molar-refractivity contribution in [3.63, 3.8) is 0 Å². The molecule has 0 spiro atoms. The molecule has 2 N–H and O–H groups in total. The van der Waals surface area contributed by atoms with E-state index >= 15 is 8.78 Å². The standard InChI is InChI=1S/C34H35Cl2F2N3O5/c1-6-45-18-46-32(43)19-10-13-25(26(14-19)44-5)40-31(42)30-28(21-8-7-9-23(36)29(21)38)34(17-39,27(41-30)16-33(2,3)4)22-12-11-20(35)15-24(22)37/h7-15,27-28,30,41H,6,16,18H2,1-5H3,(H,40,42)/t27-,28-,30+,34-/m0/s1. The van der Waals surface area contributed by atoms with Crippen molar-refractivity contribution >= 4 is 40.8 Å². The monoisotopic (exact) mass is 673 g/mol. The minimum atomic E-state index is -1.78. The molecule has 1 fully saturated rings. The average molecular weight is 675 g/mol. The van der Waals surface area contributed by atoms with E-state index in [1.54, 1.807) is 6.92 Å². The minimum Gasteiger partial charge on any atom is -0.495 e. The number of anilines is 1. The number of carbonyl (C=O) groups excluding carboxylic acids is 2. The number of ether oxygens (including phenoxy) is 3. The molecule has 0 unspecified atom stereocenters. The number of esters is 1. The summed E-state index contributed by atoms with van der Waals surface area (Å²) in [7, 11) is 1.36. The van der Waals surface area contributed by atoms with Gasteiger partial charge in [-0.2, -0.15) is 5.26 Å². The first-order valence-corrected chi connectivity index (χ1v) is 15.3. The van der Waals surface area contributed by atoms with Gasteiger partial charge in [-0.15, -0.1) is 0 Å². The first-order valence-electron chi connectivity index (χ1n) is 14.6. The van der Waals surface area contributed by atoms with E-state index in [4.69, 9.17) is 37.4 Å². The Bertz CT molecular complexity index is 1660. The van der Waals surface area contributed by atoms with Crippen molar-refractivity contribution in [2.75, 3.05) is 25.8 Å². The molecule has 1 saturated heterocycles. The van der Waals surface area contributed by atoms with Gasteiger partial charge in [0.15, 0.2) is 6.79 Å². The molecule has 4 atom stereocenters. The highest BCUT2D eigenvalue weighted by atomic mass is 35.5. The minimum absolute atomic E-state index is 0.0340. The molecule has 4 rings (SSSR count). The Labute approximate surface area is 276 Å². The summed E-state index contributed by atoms with van der Waals surface area (Å²) in [5.74, 6) is -4.02. The van der Waals surface area contributed by atoms with E-state index in [9.17, 15) is 14.9 Å². The summed E-state index contributed by atoms with van der Waals surface area (Å²) in [6.07, 6.45) is 0.312. The zero-order chi connectivity index (χ0) is 33.8. The van der Waals surface area contributed by atoms with E-state index in [0.717, 1.165) is 6.07 Å². The Balaban J connectivity index is 1.85. The quantitative estimate of drug-likeness (QED) is 0.131. The zero-order valence-electron chi connectivity index (χ0n) is 26.0. The molecule has 0 bridgehead atoms. The molecule has 3 aromatic carbocycles. The molecule has 244 valence electrons. The lowest BCUT2D eigenvalue weighted by molar-refractivity contribution is -0.118. The second-order valence-corrected chi connectivity index (χ2v) is 13.0. The molecular formula is C34H35Cl2F2N3O5. The van der Waals surface area contributed by atoms with Crippen molar-refractivity contribution in [2.24, 2.45) is 5.41 Å². The van der Waals surface area contributed by atoms with Crippen molar-refractivity contribution in [3.8, 4) is 11.8 Å². The van der Waals surface area contributed by atoms with Gasteiger partial charge >= 0.3 is 5.97 Å². The summed E-state index contributed by atoms with van der Waals surface area (Å²) < 4.78 is 47.3. The number of methoxy groups -OCH3 is 1. The molecule has 8 nitrogen and oxygen atoms in total. The Morgan fingerprint density at radius 2 is 1.85 bits per heavy atom. The molecule has 0 aliphatic carbocycles. The summed E-state index contributed by atoms with van der Waals surface area (Å²) in [6.45, 7) is 7.74. The van der Waals surface area contributed by atoms with Crippen LogP contribution in [0.1, 0.15) is 61.5 Å². The lowest BCUT2D eigenvalue weighted by atomic mass is 9.62. The van der Waals surface area contributed by atoms with Crippen LogP contribution in [0.5, 0.6) is 5.75 Å². The number of nitrogens with one attached hydrogen (secondary N) is 2. The topological polar surface area (TPSA) is 110 Å². The van der Waals surface area contributed by atoms with Gasteiger partial charge in [-0.1, -0.05) is 62.2 Å². The number of amides is 1. The third-order valence-corrected chi connectivity index (χ3v) is 8.43. The van der Waals surface area contributed by atoms with Crippen LogP contribution in [0.4, 0.5) is 14.5 Å².